The Hall–Kier alpha value is -1.41. The van der Waals surface area contributed by atoms with E-state index in [1.54, 1.807) is 0 Å². The summed E-state index contributed by atoms with van der Waals surface area (Å²) in [5.74, 6) is 0. The van der Waals surface area contributed by atoms with Gasteiger partial charge in [0.1, 0.15) is 0 Å². The molecule has 0 fully saturated rings. The second-order valence-corrected chi connectivity index (χ2v) is 3.99. The zero-order chi connectivity index (χ0) is 9.38. The van der Waals surface area contributed by atoms with Gasteiger partial charge in [-0.1, -0.05) is 18.2 Å². The van der Waals surface area contributed by atoms with Gasteiger partial charge in [0.05, 0.1) is 5.52 Å². The fourth-order valence-corrected chi connectivity index (χ4v) is 2.24. The Balaban J connectivity index is 0.000000853. The number of hydrogen-bond donors (Lipinski definition) is 1. The third-order valence-electron chi connectivity index (χ3n) is 3.00. The van der Waals surface area contributed by atoms with Crippen LogP contribution in [0.1, 0.15) is 24.1 Å². The second-order valence-electron chi connectivity index (χ2n) is 3.99. The van der Waals surface area contributed by atoms with E-state index in [-0.39, 0.29) is 6.15 Å². The fraction of sp³-hybridized carbons (Fsp3) is 0.308. The molecule has 1 heterocycles. The van der Waals surface area contributed by atoms with Gasteiger partial charge in [0.2, 0.25) is 0 Å². The Morgan fingerprint density at radius 1 is 1.00 bits per heavy atom. The van der Waals surface area contributed by atoms with Crippen molar-refractivity contribution in [3.8, 4) is 0 Å². The molecule has 2 heteroatoms. The number of aromatic nitrogens is 1. The van der Waals surface area contributed by atoms with Gasteiger partial charge in [0, 0.05) is 11.1 Å². The molecule has 1 aromatic carbocycles. The Morgan fingerprint density at radius 3 is 2.73 bits per heavy atom. The molecule has 1 aromatic heterocycles. The summed E-state index contributed by atoms with van der Waals surface area (Å²) in [6.45, 7) is 0. The van der Waals surface area contributed by atoms with Crippen LogP contribution in [0.15, 0.2) is 30.3 Å². The fourth-order valence-electron chi connectivity index (χ4n) is 2.24. The van der Waals surface area contributed by atoms with Gasteiger partial charge in [-0.05, 0) is 43.4 Å². The van der Waals surface area contributed by atoms with Crippen molar-refractivity contribution in [2.24, 2.45) is 0 Å². The zero-order valence-corrected chi connectivity index (χ0v) is 8.87. The van der Waals surface area contributed by atoms with Crippen LogP contribution in [0.3, 0.4) is 0 Å². The van der Waals surface area contributed by atoms with Crippen molar-refractivity contribution in [2.45, 2.75) is 25.7 Å². The summed E-state index contributed by atoms with van der Waals surface area (Å²) in [7, 11) is 0. The first-order valence-electron chi connectivity index (χ1n) is 5.31. The minimum atomic E-state index is 0. The van der Waals surface area contributed by atoms with Crippen LogP contribution in [0.25, 0.3) is 10.9 Å². The number of fused-ring (bicyclic) bond motifs is 2. The van der Waals surface area contributed by atoms with E-state index >= 15 is 0 Å². The molecule has 0 aliphatic heterocycles. The van der Waals surface area contributed by atoms with Gasteiger partial charge < -0.3 is 6.15 Å². The van der Waals surface area contributed by atoms with Crippen molar-refractivity contribution in [1.29, 1.82) is 0 Å². The molecule has 3 N–H and O–H groups in total. The molecule has 1 aliphatic carbocycles. The van der Waals surface area contributed by atoms with E-state index in [0.717, 1.165) is 5.52 Å². The summed E-state index contributed by atoms with van der Waals surface area (Å²) in [6.07, 6.45) is 5.01. The highest BCUT2D eigenvalue weighted by Gasteiger charge is 2.10. The normalized spacial score (nSPS) is 14.4. The molecule has 0 saturated carbocycles. The summed E-state index contributed by atoms with van der Waals surface area (Å²) < 4.78 is 0. The maximum atomic E-state index is 4.72. The molecule has 0 radical (unpaired) electrons. The summed E-state index contributed by atoms with van der Waals surface area (Å²) in [5.41, 5.74) is 3.94. The lowest BCUT2D eigenvalue weighted by atomic mass is 9.95. The smallest absolute Gasteiger partial charge is 0.0705 e. The van der Waals surface area contributed by atoms with E-state index in [4.69, 9.17) is 4.98 Å². The van der Waals surface area contributed by atoms with Crippen LogP contribution in [0.2, 0.25) is 0 Å². The minimum absolute atomic E-state index is 0. The van der Waals surface area contributed by atoms with Crippen LogP contribution in [-0.4, -0.2) is 4.98 Å². The van der Waals surface area contributed by atoms with Gasteiger partial charge in [-0.15, -0.1) is 0 Å². The highest BCUT2D eigenvalue weighted by molar-refractivity contribution is 5.79. The lowest BCUT2D eigenvalue weighted by Gasteiger charge is -2.15. The largest absolute Gasteiger partial charge is 0.344 e. The van der Waals surface area contributed by atoms with Gasteiger partial charge in [-0.25, -0.2) is 0 Å². The van der Waals surface area contributed by atoms with E-state index in [2.05, 4.69) is 30.3 Å². The van der Waals surface area contributed by atoms with Gasteiger partial charge in [0.15, 0.2) is 0 Å². The number of benzene rings is 1. The first kappa shape index (κ1) is 10.1. The van der Waals surface area contributed by atoms with Crippen molar-refractivity contribution in [3.05, 3.63) is 41.6 Å². The van der Waals surface area contributed by atoms with E-state index in [1.165, 1.54) is 42.3 Å². The molecule has 0 saturated heterocycles. The topological polar surface area (TPSA) is 47.9 Å². The number of nitrogens with zero attached hydrogens (tertiary/aromatic N) is 1. The number of rotatable bonds is 0. The van der Waals surface area contributed by atoms with E-state index in [1.807, 2.05) is 0 Å². The molecule has 2 nitrogen and oxygen atoms in total. The highest BCUT2D eigenvalue weighted by atomic mass is 14.7. The Bertz CT molecular complexity index is 432. The predicted octanol–water partition coefficient (Wildman–Crippen LogP) is 3.28. The first-order chi connectivity index (χ1) is 6.93. The van der Waals surface area contributed by atoms with E-state index < -0.39 is 0 Å². The molecular formula is C13H16N2. The zero-order valence-electron chi connectivity index (χ0n) is 8.87. The summed E-state index contributed by atoms with van der Waals surface area (Å²) >= 11 is 0. The number of aryl methyl sites for hydroxylation is 2. The molecule has 0 amide bonds. The lowest BCUT2D eigenvalue weighted by molar-refractivity contribution is 0.671. The van der Waals surface area contributed by atoms with Crippen LogP contribution in [0.5, 0.6) is 0 Å². The van der Waals surface area contributed by atoms with E-state index in [0.29, 0.717) is 0 Å². The van der Waals surface area contributed by atoms with Crippen LogP contribution >= 0.6 is 0 Å². The number of pyridine rings is 1. The van der Waals surface area contributed by atoms with Crippen molar-refractivity contribution >= 4 is 10.9 Å². The van der Waals surface area contributed by atoms with Crippen molar-refractivity contribution in [3.63, 3.8) is 0 Å². The van der Waals surface area contributed by atoms with Crippen LogP contribution < -0.4 is 6.15 Å². The molecule has 3 rings (SSSR count). The molecule has 0 atom stereocenters. The van der Waals surface area contributed by atoms with Gasteiger partial charge >= 0.3 is 0 Å². The molecule has 15 heavy (non-hydrogen) atoms. The first-order valence-corrected chi connectivity index (χ1v) is 5.31. The summed E-state index contributed by atoms with van der Waals surface area (Å²) in [6, 6.07) is 10.7. The molecule has 0 spiro atoms. The van der Waals surface area contributed by atoms with Gasteiger partial charge in [0.25, 0.3) is 0 Å². The Kier molecular flexibility index (Phi) is 2.69. The van der Waals surface area contributed by atoms with Crippen LogP contribution in [0.4, 0.5) is 0 Å². The van der Waals surface area contributed by atoms with Crippen LogP contribution in [-0.2, 0) is 12.8 Å². The Labute approximate surface area is 89.9 Å². The third kappa shape index (κ3) is 1.73. The molecular weight excluding hydrogens is 184 g/mol. The lowest BCUT2D eigenvalue weighted by Crippen LogP contribution is -2.04. The van der Waals surface area contributed by atoms with Crippen molar-refractivity contribution < 1.29 is 0 Å². The average Bonchev–Trinajstić information content (AvgIpc) is 2.26. The molecule has 0 bridgehead atoms. The van der Waals surface area contributed by atoms with Gasteiger partial charge in [-0.3, -0.25) is 4.98 Å². The van der Waals surface area contributed by atoms with Gasteiger partial charge in [-0.2, -0.15) is 0 Å². The van der Waals surface area contributed by atoms with Crippen LogP contribution in [0, 0.1) is 0 Å². The summed E-state index contributed by atoms with van der Waals surface area (Å²) in [4.78, 5) is 4.72. The molecule has 2 aromatic rings. The maximum Gasteiger partial charge on any atom is 0.0705 e. The quantitative estimate of drug-likeness (QED) is 0.709. The Morgan fingerprint density at radius 2 is 1.80 bits per heavy atom. The number of hydrogen-bond acceptors (Lipinski definition) is 2. The highest BCUT2D eigenvalue weighted by Crippen LogP contribution is 2.23. The monoisotopic (exact) mass is 200 g/mol. The average molecular weight is 200 g/mol. The molecule has 1 aliphatic rings. The van der Waals surface area contributed by atoms with E-state index in [9.17, 15) is 0 Å². The third-order valence-corrected chi connectivity index (χ3v) is 3.00. The minimum Gasteiger partial charge on any atom is -0.344 e. The second kappa shape index (κ2) is 3.99. The van der Waals surface area contributed by atoms with Crippen molar-refractivity contribution in [2.75, 3.05) is 0 Å². The standard InChI is InChI=1S/C13H13N.H3N/c1-3-7-12-10(5-1)9-11-6-2-4-8-13(11)14-12;/h1,3,5,7,9H,2,4,6,8H2;1H3. The molecule has 78 valence electrons. The van der Waals surface area contributed by atoms with Crippen molar-refractivity contribution in [1.82, 2.24) is 11.1 Å². The maximum absolute atomic E-state index is 4.72. The SMILES string of the molecule is N.c1ccc2nc3c(cc2c1)CCCC3. The predicted molar refractivity (Wildman–Crippen MR) is 63.4 cm³/mol. The number of para-hydroxylation sites is 1. The molecule has 0 unspecified atom stereocenters. The summed E-state index contributed by atoms with van der Waals surface area (Å²) in [5, 5.41) is 1.29.